The largest absolute Gasteiger partial charge is 0.354 e. The third-order valence-corrected chi connectivity index (χ3v) is 5.72. The number of amides is 1. The molecule has 19 heavy (non-hydrogen) atoms. The van der Waals surface area contributed by atoms with Crippen LogP contribution in [0, 0.1) is 0 Å². The molecule has 0 atom stereocenters. The van der Waals surface area contributed by atoms with Gasteiger partial charge in [-0.3, -0.25) is 9.69 Å². The molecule has 112 valence electrons. The zero-order chi connectivity index (χ0) is 14.1. The summed E-state index contributed by atoms with van der Waals surface area (Å²) in [5.41, 5.74) is 0. The predicted octanol–water partition coefficient (Wildman–Crippen LogP) is 1.32. The minimum Gasteiger partial charge on any atom is -0.354 e. The molecule has 0 saturated carbocycles. The SMILES string of the molecule is CCC(CC)(CNC(=O)CN1CCCNCC1)SC. The van der Waals surface area contributed by atoms with Crippen LogP contribution in [0.5, 0.6) is 0 Å². The van der Waals surface area contributed by atoms with E-state index in [2.05, 4.69) is 35.6 Å². The lowest BCUT2D eigenvalue weighted by Crippen LogP contribution is -2.44. The molecule has 0 aromatic carbocycles. The average molecular weight is 287 g/mol. The molecule has 4 nitrogen and oxygen atoms in total. The zero-order valence-electron chi connectivity index (χ0n) is 12.6. The van der Waals surface area contributed by atoms with Gasteiger partial charge in [0.05, 0.1) is 6.54 Å². The number of carbonyl (C=O) groups excluding carboxylic acids is 1. The third-order valence-electron chi connectivity index (χ3n) is 4.13. The van der Waals surface area contributed by atoms with Crippen LogP contribution in [0.4, 0.5) is 0 Å². The Labute approximate surface area is 122 Å². The van der Waals surface area contributed by atoms with Crippen LogP contribution in [-0.4, -0.2) is 61.1 Å². The molecule has 0 unspecified atom stereocenters. The van der Waals surface area contributed by atoms with Crippen LogP contribution < -0.4 is 10.6 Å². The lowest BCUT2D eigenvalue weighted by molar-refractivity contribution is -0.122. The summed E-state index contributed by atoms with van der Waals surface area (Å²) in [6.07, 6.45) is 5.46. The Morgan fingerprint density at radius 1 is 1.32 bits per heavy atom. The Kier molecular flexibility index (Phi) is 7.80. The van der Waals surface area contributed by atoms with E-state index in [0.717, 1.165) is 52.0 Å². The lowest BCUT2D eigenvalue weighted by atomic mass is 10.0. The average Bonchev–Trinajstić information content (AvgIpc) is 2.70. The molecule has 1 amide bonds. The summed E-state index contributed by atoms with van der Waals surface area (Å²) in [5.74, 6) is 0.169. The summed E-state index contributed by atoms with van der Waals surface area (Å²) < 4.78 is 0.204. The minimum atomic E-state index is 0.169. The minimum absolute atomic E-state index is 0.169. The van der Waals surface area contributed by atoms with Gasteiger partial charge in [0.2, 0.25) is 5.91 Å². The Morgan fingerprint density at radius 3 is 2.68 bits per heavy atom. The Balaban J connectivity index is 2.33. The maximum atomic E-state index is 12.0. The van der Waals surface area contributed by atoms with Crippen LogP contribution in [0.25, 0.3) is 0 Å². The smallest absolute Gasteiger partial charge is 0.234 e. The molecule has 2 N–H and O–H groups in total. The summed E-state index contributed by atoms with van der Waals surface area (Å²) in [5, 5.41) is 6.48. The summed E-state index contributed by atoms with van der Waals surface area (Å²) in [6, 6.07) is 0. The van der Waals surface area contributed by atoms with Gasteiger partial charge in [-0.25, -0.2) is 0 Å². The number of hydrogen-bond donors (Lipinski definition) is 2. The number of nitrogens with zero attached hydrogens (tertiary/aromatic N) is 1. The number of carbonyl (C=O) groups is 1. The highest BCUT2D eigenvalue weighted by atomic mass is 32.2. The molecule has 1 fully saturated rings. The quantitative estimate of drug-likeness (QED) is 0.741. The standard InChI is InChI=1S/C14H29N3OS/c1-4-14(5-2,19-3)12-16-13(18)11-17-9-6-7-15-8-10-17/h15H,4-12H2,1-3H3,(H,16,18). The van der Waals surface area contributed by atoms with Crippen LogP contribution in [0.3, 0.4) is 0 Å². The molecule has 1 rings (SSSR count). The van der Waals surface area contributed by atoms with E-state index < -0.39 is 0 Å². The van der Waals surface area contributed by atoms with Crippen molar-refractivity contribution in [3.63, 3.8) is 0 Å². The molecule has 5 heteroatoms. The van der Waals surface area contributed by atoms with Gasteiger partial charge in [0, 0.05) is 24.4 Å². The second kappa shape index (κ2) is 8.82. The normalized spacial score (nSPS) is 18.1. The molecule has 0 aliphatic carbocycles. The van der Waals surface area contributed by atoms with Crippen molar-refractivity contribution >= 4 is 17.7 Å². The van der Waals surface area contributed by atoms with E-state index in [1.807, 2.05) is 11.8 Å². The summed E-state index contributed by atoms with van der Waals surface area (Å²) in [7, 11) is 0. The first kappa shape index (κ1) is 16.8. The van der Waals surface area contributed by atoms with E-state index in [9.17, 15) is 4.79 Å². The maximum Gasteiger partial charge on any atom is 0.234 e. The number of nitrogens with one attached hydrogen (secondary N) is 2. The monoisotopic (exact) mass is 287 g/mol. The molecule has 0 aromatic rings. The van der Waals surface area contributed by atoms with Gasteiger partial charge >= 0.3 is 0 Å². The summed E-state index contributed by atoms with van der Waals surface area (Å²) in [4.78, 5) is 14.3. The van der Waals surface area contributed by atoms with Crippen LogP contribution in [0.2, 0.25) is 0 Å². The number of rotatable bonds is 7. The zero-order valence-corrected chi connectivity index (χ0v) is 13.4. The van der Waals surface area contributed by atoms with Crippen molar-refractivity contribution in [2.24, 2.45) is 0 Å². The van der Waals surface area contributed by atoms with Crippen molar-refractivity contribution in [2.45, 2.75) is 37.9 Å². The van der Waals surface area contributed by atoms with E-state index in [-0.39, 0.29) is 10.7 Å². The first-order chi connectivity index (χ1) is 9.15. The Hall–Kier alpha value is -0.260. The van der Waals surface area contributed by atoms with Crippen LogP contribution in [0.1, 0.15) is 33.1 Å². The van der Waals surface area contributed by atoms with Crippen LogP contribution in [0.15, 0.2) is 0 Å². The van der Waals surface area contributed by atoms with Gasteiger partial charge in [0.1, 0.15) is 0 Å². The fraction of sp³-hybridized carbons (Fsp3) is 0.929. The fourth-order valence-electron chi connectivity index (χ4n) is 2.44. The van der Waals surface area contributed by atoms with E-state index in [4.69, 9.17) is 0 Å². The van der Waals surface area contributed by atoms with Crippen molar-refractivity contribution in [3.8, 4) is 0 Å². The van der Waals surface area contributed by atoms with Crippen molar-refractivity contribution in [2.75, 3.05) is 45.5 Å². The first-order valence-electron chi connectivity index (χ1n) is 7.40. The van der Waals surface area contributed by atoms with Gasteiger partial charge in [0.15, 0.2) is 0 Å². The van der Waals surface area contributed by atoms with Gasteiger partial charge in [-0.15, -0.1) is 0 Å². The molecule has 0 aromatic heterocycles. The predicted molar refractivity (Wildman–Crippen MR) is 83.8 cm³/mol. The molecule has 1 aliphatic heterocycles. The Bertz CT molecular complexity index is 253. The van der Waals surface area contributed by atoms with Crippen molar-refractivity contribution < 1.29 is 4.79 Å². The topological polar surface area (TPSA) is 44.4 Å². The van der Waals surface area contributed by atoms with Crippen molar-refractivity contribution in [1.29, 1.82) is 0 Å². The first-order valence-corrected chi connectivity index (χ1v) is 8.63. The number of hydrogen-bond acceptors (Lipinski definition) is 4. The molecular formula is C14H29N3OS. The highest BCUT2D eigenvalue weighted by Gasteiger charge is 2.25. The van der Waals surface area contributed by atoms with Gasteiger partial charge in [0.25, 0.3) is 0 Å². The highest BCUT2D eigenvalue weighted by molar-refractivity contribution is 8.00. The summed E-state index contributed by atoms with van der Waals surface area (Å²) in [6.45, 7) is 9.79. The molecule has 0 bridgehead atoms. The van der Waals surface area contributed by atoms with Gasteiger partial charge < -0.3 is 10.6 Å². The van der Waals surface area contributed by atoms with E-state index >= 15 is 0 Å². The molecule has 1 aliphatic rings. The van der Waals surface area contributed by atoms with Crippen LogP contribution >= 0.6 is 11.8 Å². The van der Waals surface area contributed by atoms with E-state index in [1.54, 1.807) is 0 Å². The van der Waals surface area contributed by atoms with E-state index in [1.165, 1.54) is 0 Å². The van der Waals surface area contributed by atoms with Gasteiger partial charge in [-0.1, -0.05) is 13.8 Å². The molecule has 1 saturated heterocycles. The third kappa shape index (κ3) is 5.71. The van der Waals surface area contributed by atoms with Gasteiger partial charge in [-0.05, 0) is 38.6 Å². The molecule has 1 heterocycles. The highest BCUT2D eigenvalue weighted by Crippen LogP contribution is 2.29. The summed E-state index contributed by atoms with van der Waals surface area (Å²) >= 11 is 1.87. The Morgan fingerprint density at radius 2 is 2.05 bits per heavy atom. The fourth-order valence-corrected chi connectivity index (χ4v) is 3.23. The van der Waals surface area contributed by atoms with Crippen molar-refractivity contribution in [1.82, 2.24) is 15.5 Å². The van der Waals surface area contributed by atoms with Crippen molar-refractivity contribution in [3.05, 3.63) is 0 Å². The molecule has 0 radical (unpaired) electrons. The molecule has 0 spiro atoms. The second-order valence-electron chi connectivity index (χ2n) is 5.25. The second-order valence-corrected chi connectivity index (χ2v) is 6.52. The maximum absolute atomic E-state index is 12.0. The molecular weight excluding hydrogens is 258 g/mol. The number of thioether (sulfide) groups is 1. The van der Waals surface area contributed by atoms with Gasteiger partial charge in [-0.2, -0.15) is 11.8 Å². The van der Waals surface area contributed by atoms with Crippen LogP contribution in [-0.2, 0) is 4.79 Å². The lowest BCUT2D eigenvalue weighted by Gasteiger charge is -2.30. The van der Waals surface area contributed by atoms with E-state index in [0.29, 0.717) is 6.54 Å².